The summed E-state index contributed by atoms with van der Waals surface area (Å²) in [6.07, 6.45) is 5.65. The summed E-state index contributed by atoms with van der Waals surface area (Å²) in [5.74, 6) is -0.924. The van der Waals surface area contributed by atoms with Crippen molar-refractivity contribution >= 4 is 22.6 Å². The van der Waals surface area contributed by atoms with Crippen LogP contribution in [0.2, 0.25) is 0 Å². The summed E-state index contributed by atoms with van der Waals surface area (Å²) in [7, 11) is 0. The van der Waals surface area contributed by atoms with E-state index in [4.69, 9.17) is 9.40 Å². The second-order valence-corrected chi connectivity index (χ2v) is 6.27. The fraction of sp³-hybridized carbons (Fsp3) is 0.263. The van der Waals surface area contributed by atoms with E-state index < -0.39 is 5.97 Å². The van der Waals surface area contributed by atoms with Crippen LogP contribution in [0, 0.1) is 0 Å². The van der Waals surface area contributed by atoms with Gasteiger partial charge in [0.2, 0.25) is 0 Å². The number of benzene rings is 1. The van der Waals surface area contributed by atoms with E-state index in [0.29, 0.717) is 6.04 Å². The number of rotatable bonds is 3. The molecule has 1 aliphatic rings. The summed E-state index contributed by atoms with van der Waals surface area (Å²) >= 11 is 0. The minimum Gasteiger partial charge on any atom is -0.478 e. The van der Waals surface area contributed by atoms with Gasteiger partial charge in [0.1, 0.15) is 0 Å². The quantitative estimate of drug-likeness (QED) is 0.783. The third kappa shape index (κ3) is 2.42. The Labute approximate surface area is 139 Å². The zero-order valence-corrected chi connectivity index (χ0v) is 13.4. The van der Waals surface area contributed by atoms with Crippen molar-refractivity contribution in [3.63, 3.8) is 0 Å². The summed E-state index contributed by atoms with van der Waals surface area (Å²) in [4.78, 5) is 18.4. The largest absolute Gasteiger partial charge is 0.478 e. The lowest BCUT2D eigenvalue weighted by molar-refractivity contribution is 0.0697. The van der Waals surface area contributed by atoms with Crippen LogP contribution in [-0.2, 0) is 0 Å². The molecule has 5 heteroatoms. The van der Waals surface area contributed by atoms with Gasteiger partial charge in [0.25, 0.3) is 0 Å². The smallest absolute Gasteiger partial charge is 0.335 e. The van der Waals surface area contributed by atoms with E-state index in [0.717, 1.165) is 47.2 Å². The maximum absolute atomic E-state index is 11.2. The van der Waals surface area contributed by atoms with Gasteiger partial charge < -0.3 is 14.4 Å². The van der Waals surface area contributed by atoms with Gasteiger partial charge in [0, 0.05) is 23.5 Å². The third-order valence-corrected chi connectivity index (χ3v) is 4.70. The molecule has 0 amide bonds. The Hall–Kier alpha value is -2.82. The Bertz CT molecular complexity index is 902. The van der Waals surface area contributed by atoms with E-state index in [9.17, 15) is 9.90 Å². The van der Waals surface area contributed by atoms with Crippen molar-refractivity contribution in [2.75, 3.05) is 11.4 Å². The number of furan rings is 1. The number of aromatic carboxylic acids is 1. The summed E-state index contributed by atoms with van der Waals surface area (Å²) in [5, 5.41) is 10.1. The minimum atomic E-state index is -0.924. The molecule has 122 valence electrons. The Morgan fingerprint density at radius 1 is 1.33 bits per heavy atom. The molecule has 1 aromatic carbocycles. The van der Waals surface area contributed by atoms with Crippen LogP contribution in [0.15, 0.2) is 47.3 Å². The molecular weight excluding hydrogens is 304 g/mol. The number of nitrogens with zero attached hydrogens (tertiary/aromatic N) is 2. The normalized spacial score (nSPS) is 17.5. The SMILES string of the molecule is C[C@H]1CCCN1c1cc2cc(C(=O)O)ccc2nc1-c1ccoc1. The van der Waals surface area contributed by atoms with Crippen LogP contribution in [0.4, 0.5) is 5.69 Å². The van der Waals surface area contributed by atoms with Gasteiger partial charge in [-0.3, -0.25) is 0 Å². The number of aromatic nitrogens is 1. The predicted octanol–water partition coefficient (Wildman–Crippen LogP) is 4.18. The molecule has 24 heavy (non-hydrogen) atoms. The number of carbonyl (C=O) groups is 1. The van der Waals surface area contributed by atoms with Gasteiger partial charge in [-0.2, -0.15) is 0 Å². The Morgan fingerprint density at radius 2 is 2.21 bits per heavy atom. The van der Waals surface area contributed by atoms with E-state index in [1.807, 2.05) is 6.07 Å². The van der Waals surface area contributed by atoms with Crippen LogP contribution in [0.3, 0.4) is 0 Å². The lowest BCUT2D eigenvalue weighted by Crippen LogP contribution is -2.27. The molecule has 2 aromatic heterocycles. The maximum atomic E-state index is 11.2. The number of carboxylic acids is 1. The van der Waals surface area contributed by atoms with Crippen molar-refractivity contribution in [2.24, 2.45) is 0 Å². The molecule has 0 radical (unpaired) electrons. The highest BCUT2D eigenvalue weighted by Gasteiger charge is 2.25. The molecule has 5 nitrogen and oxygen atoms in total. The molecule has 1 fully saturated rings. The first-order valence-electron chi connectivity index (χ1n) is 8.11. The molecule has 0 unspecified atom stereocenters. The first-order chi connectivity index (χ1) is 11.6. The molecule has 0 bridgehead atoms. The monoisotopic (exact) mass is 322 g/mol. The Balaban J connectivity index is 1.94. The van der Waals surface area contributed by atoms with Crippen molar-refractivity contribution in [3.05, 3.63) is 48.4 Å². The number of pyridine rings is 1. The predicted molar refractivity (Wildman–Crippen MR) is 92.4 cm³/mol. The molecule has 1 atom stereocenters. The van der Waals surface area contributed by atoms with E-state index >= 15 is 0 Å². The first kappa shape index (κ1) is 14.8. The summed E-state index contributed by atoms with van der Waals surface area (Å²) < 4.78 is 5.24. The van der Waals surface area contributed by atoms with Gasteiger partial charge in [0.05, 0.1) is 35.0 Å². The summed E-state index contributed by atoms with van der Waals surface area (Å²) in [6.45, 7) is 3.20. The zero-order chi connectivity index (χ0) is 16.7. The highest BCUT2D eigenvalue weighted by Crippen LogP contribution is 2.36. The van der Waals surface area contributed by atoms with E-state index in [1.54, 1.807) is 30.7 Å². The van der Waals surface area contributed by atoms with Crippen molar-refractivity contribution in [3.8, 4) is 11.3 Å². The van der Waals surface area contributed by atoms with Gasteiger partial charge in [-0.1, -0.05) is 0 Å². The van der Waals surface area contributed by atoms with Gasteiger partial charge >= 0.3 is 5.97 Å². The fourth-order valence-corrected chi connectivity index (χ4v) is 3.42. The van der Waals surface area contributed by atoms with Crippen molar-refractivity contribution in [1.29, 1.82) is 0 Å². The number of hydrogen-bond acceptors (Lipinski definition) is 4. The summed E-state index contributed by atoms with van der Waals surface area (Å²) in [6, 6.07) is 9.45. The number of hydrogen-bond donors (Lipinski definition) is 1. The molecular formula is C19H18N2O3. The first-order valence-corrected chi connectivity index (χ1v) is 8.11. The van der Waals surface area contributed by atoms with Gasteiger partial charge in [-0.25, -0.2) is 9.78 Å². The van der Waals surface area contributed by atoms with Crippen LogP contribution < -0.4 is 4.90 Å². The van der Waals surface area contributed by atoms with Crippen molar-refractivity contribution < 1.29 is 14.3 Å². The van der Waals surface area contributed by atoms with E-state index in [-0.39, 0.29) is 5.56 Å². The van der Waals surface area contributed by atoms with Crippen molar-refractivity contribution in [2.45, 2.75) is 25.8 Å². The van der Waals surface area contributed by atoms with Gasteiger partial charge in [0.15, 0.2) is 0 Å². The van der Waals surface area contributed by atoms with Crippen molar-refractivity contribution in [1.82, 2.24) is 4.98 Å². The van der Waals surface area contributed by atoms with Gasteiger partial charge in [-0.05, 0) is 50.1 Å². The highest BCUT2D eigenvalue weighted by molar-refractivity contribution is 5.96. The number of fused-ring (bicyclic) bond motifs is 1. The highest BCUT2D eigenvalue weighted by atomic mass is 16.4. The number of anilines is 1. The second kappa shape index (κ2) is 5.67. The topological polar surface area (TPSA) is 66.6 Å². The number of carboxylic acid groups (broad SMARTS) is 1. The second-order valence-electron chi connectivity index (χ2n) is 6.27. The molecule has 1 saturated heterocycles. The lowest BCUT2D eigenvalue weighted by Gasteiger charge is -2.26. The molecule has 4 rings (SSSR count). The molecule has 1 aliphatic heterocycles. The average Bonchev–Trinajstić information content (AvgIpc) is 3.24. The lowest BCUT2D eigenvalue weighted by atomic mass is 10.1. The van der Waals surface area contributed by atoms with Gasteiger partial charge in [-0.15, -0.1) is 0 Å². The standard InChI is InChI=1S/C19H18N2O3/c1-12-3-2-7-21(12)17-10-15-9-13(19(22)23)4-5-16(15)20-18(17)14-6-8-24-11-14/h4-6,8-12H,2-3,7H2,1H3,(H,22,23)/t12-/m0/s1. The molecule has 1 N–H and O–H groups in total. The van der Waals surface area contributed by atoms with Crippen LogP contribution in [0.5, 0.6) is 0 Å². The molecule has 0 saturated carbocycles. The molecule has 0 spiro atoms. The maximum Gasteiger partial charge on any atom is 0.335 e. The third-order valence-electron chi connectivity index (χ3n) is 4.70. The zero-order valence-electron chi connectivity index (χ0n) is 13.4. The van der Waals surface area contributed by atoms with E-state index in [1.165, 1.54) is 0 Å². The van der Waals surface area contributed by atoms with Crippen LogP contribution in [0.25, 0.3) is 22.2 Å². The average molecular weight is 322 g/mol. The molecule has 3 aromatic rings. The summed E-state index contributed by atoms with van der Waals surface area (Å²) in [5.41, 5.74) is 3.92. The van der Waals surface area contributed by atoms with Crippen LogP contribution in [0.1, 0.15) is 30.1 Å². The van der Waals surface area contributed by atoms with Crippen LogP contribution >= 0.6 is 0 Å². The van der Waals surface area contributed by atoms with E-state index in [2.05, 4.69) is 17.9 Å². The van der Waals surface area contributed by atoms with Crippen LogP contribution in [-0.4, -0.2) is 28.6 Å². The Kier molecular flexibility index (Phi) is 3.49. The Morgan fingerprint density at radius 3 is 2.88 bits per heavy atom. The molecule has 3 heterocycles. The minimum absolute atomic E-state index is 0.279. The fourth-order valence-electron chi connectivity index (χ4n) is 3.42. The molecule has 0 aliphatic carbocycles.